The maximum Gasteiger partial charge on any atom is 0.254 e. The number of hydrogen-bond acceptors (Lipinski definition) is 6. The smallest absolute Gasteiger partial charge is 0.254 e. The minimum absolute atomic E-state index is 0.0532. The van der Waals surface area contributed by atoms with Crippen LogP contribution in [0.1, 0.15) is 28.3 Å². The van der Waals surface area contributed by atoms with E-state index in [1.807, 2.05) is 23.1 Å². The quantitative estimate of drug-likeness (QED) is 0.788. The third-order valence-corrected chi connectivity index (χ3v) is 5.26. The van der Waals surface area contributed by atoms with Crippen molar-refractivity contribution in [2.45, 2.75) is 12.3 Å². The third kappa shape index (κ3) is 3.17. The number of ether oxygens (including phenoxy) is 5. The van der Waals surface area contributed by atoms with Gasteiger partial charge in [0, 0.05) is 24.6 Å². The molecule has 2 heterocycles. The van der Waals surface area contributed by atoms with Gasteiger partial charge in [-0.3, -0.25) is 4.79 Å². The Bertz CT molecular complexity index is 871. The molecule has 1 atom stereocenters. The van der Waals surface area contributed by atoms with Crippen LogP contribution in [0.2, 0.25) is 0 Å². The first-order valence-corrected chi connectivity index (χ1v) is 9.13. The first kappa shape index (κ1) is 18.3. The molecule has 0 spiro atoms. The Morgan fingerprint density at radius 3 is 2.39 bits per heavy atom. The number of hydrogen-bond donors (Lipinski definition) is 0. The molecule has 1 fully saturated rings. The molecule has 4 rings (SSSR count). The summed E-state index contributed by atoms with van der Waals surface area (Å²) in [5, 5.41) is 0. The number of rotatable bonds is 5. The van der Waals surface area contributed by atoms with Gasteiger partial charge in [-0.1, -0.05) is 6.07 Å². The van der Waals surface area contributed by atoms with Crippen LogP contribution in [0.3, 0.4) is 0 Å². The molecular formula is C21H23NO6. The van der Waals surface area contributed by atoms with Crippen molar-refractivity contribution in [1.82, 2.24) is 4.90 Å². The van der Waals surface area contributed by atoms with Crippen LogP contribution in [0.15, 0.2) is 30.3 Å². The van der Waals surface area contributed by atoms with Gasteiger partial charge >= 0.3 is 0 Å². The van der Waals surface area contributed by atoms with Gasteiger partial charge in [-0.25, -0.2) is 0 Å². The number of benzene rings is 2. The van der Waals surface area contributed by atoms with E-state index in [-0.39, 0.29) is 18.6 Å². The van der Waals surface area contributed by atoms with Gasteiger partial charge in [0.05, 0.1) is 21.3 Å². The molecule has 2 aliphatic heterocycles. The van der Waals surface area contributed by atoms with Crippen LogP contribution in [0, 0.1) is 0 Å². The number of methoxy groups -OCH3 is 3. The highest BCUT2D eigenvalue weighted by Gasteiger charge is 2.30. The van der Waals surface area contributed by atoms with E-state index in [1.165, 1.54) is 21.3 Å². The van der Waals surface area contributed by atoms with E-state index in [4.69, 9.17) is 23.7 Å². The minimum atomic E-state index is -0.0532. The van der Waals surface area contributed by atoms with Crippen molar-refractivity contribution < 1.29 is 28.5 Å². The number of fused-ring (bicyclic) bond motifs is 1. The Morgan fingerprint density at radius 1 is 1.00 bits per heavy atom. The Balaban J connectivity index is 1.53. The number of nitrogens with zero attached hydrogens (tertiary/aromatic N) is 1. The summed E-state index contributed by atoms with van der Waals surface area (Å²) in [5.74, 6) is 3.16. The maximum absolute atomic E-state index is 13.1. The second kappa shape index (κ2) is 7.50. The van der Waals surface area contributed by atoms with Gasteiger partial charge in [-0.15, -0.1) is 0 Å². The molecule has 0 radical (unpaired) electrons. The summed E-state index contributed by atoms with van der Waals surface area (Å²) in [6.07, 6.45) is 0.899. The average molecular weight is 385 g/mol. The molecule has 1 saturated heterocycles. The average Bonchev–Trinajstić information content (AvgIpc) is 3.40. The zero-order valence-electron chi connectivity index (χ0n) is 16.2. The summed E-state index contributed by atoms with van der Waals surface area (Å²) in [7, 11) is 4.62. The fraction of sp³-hybridized carbons (Fsp3) is 0.381. The molecule has 7 heteroatoms. The largest absolute Gasteiger partial charge is 0.493 e. The third-order valence-electron chi connectivity index (χ3n) is 5.26. The molecule has 7 nitrogen and oxygen atoms in total. The van der Waals surface area contributed by atoms with Crippen LogP contribution in [0.25, 0.3) is 0 Å². The molecule has 0 N–H and O–H groups in total. The van der Waals surface area contributed by atoms with E-state index in [0.717, 1.165) is 23.5 Å². The topological polar surface area (TPSA) is 66.5 Å². The van der Waals surface area contributed by atoms with E-state index in [9.17, 15) is 4.79 Å². The maximum atomic E-state index is 13.1. The van der Waals surface area contributed by atoms with E-state index in [1.54, 1.807) is 12.1 Å². The molecule has 1 amide bonds. The van der Waals surface area contributed by atoms with Crippen molar-refractivity contribution in [3.63, 3.8) is 0 Å². The Labute approximate surface area is 163 Å². The predicted molar refractivity (Wildman–Crippen MR) is 102 cm³/mol. The molecule has 0 saturated carbocycles. The zero-order valence-corrected chi connectivity index (χ0v) is 16.2. The molecule has 1 unspecified atom stereocenters. The van der Waals surface area contributed by atoms with Crippen molar-refractivity contribution in [2.24, 2.45) is 0 Å². The highest BCUT2D eigenvalue weighted by molar-refractivity contribution is 5.96. The number of carbonyl (C=O) groups is 1. The minimum Gasteiger partial charge on any atom is -0.493 e. The van der Waals surface area contributed by atoms with Crippen LogP contribution < -0.4 is 23.7 Å². The van der Waals surface area contributed by atoms with Gasteiger partial charge < -0.3 is 28.6 Å². The Hall–Kier alpha value is -3.09. The summed E-state index contributed by atoms with van der Waals surface area (Å²) in [4.78, 5) is 14.9. The summed E-state index contributed by atoms with van der Waals surface area (Å²) < 4.78 is 26.9. The summed E-state index contributed by atoms with van der Waals surface area (Å²) in [5.41, 5.74) is 1.67. The number of likely N-dealkylation sites (tertiary alicyclic amines) is 1. The van der Waals surface area contributed by atoms with Crippen molar-refractivity contribution in [1.29, 1.82) is 0 Å². The van der Waals surface area contributed by atoms with Gasteiger partial charge in [0.2, 0.25) is 12.5 Å². The summed E-state index contributed by atoms with van der Waals surface area (Å²) in [6, 6.07) is 9.38. The molecule has 148 valence electrons. The first-order chi connectivity index (χ1) is 13.6. The molecule has 0 aromatic heterocycles. The summed E-state index contributed by atoms with van der Waals surface area (Å²) in [6.45, 7) is 1.60. The van der Waals surface area contributed by atoms with Crippen molar-refractivity contribution in [3.05, 3.63) is 41.5 Å². The molecule has 2 aromatic rings. The first-order valence-electron chi connectivity index (χ1n) is 9.13. The lowest BCUT2D eigenvalue weighted by molar-refractivity contribution is 0.0790. The summed E-state index contributed by atoms with van der Waals surface area (Å²) >= 11 is 0. The fourth-order valence-electron chi connectivity index (χ4n) is 3.77. The van der Waals surface area contributed by atoms with Crippen LogP contribution >= 0.6 is 0 Å². The van der Waals surface area contributed by atoms with E-state index < -0.39 is 0 Å². The Kier molecular flexibility index (Phi) is 4.90. The van der Waals surface area contributed by atoms with Crippen LogP contribution in [-0.2, 0) is 0 Å². The zero-order chi connectivity index (χ0) is 19.7. The molecule has 0 aliphatic carbocycles. The second-order valence-electron chi connectivity index (χ2n) is 6.76. The van der Waals surface area contributed by atoms with Crippen LogP contribution in [0.4, 0.5) is 0 Å². The van der Waals surface area contributed by atoms with Gasteiger partial charge in [-0.05, 0) is 36.2 Å². The monoisotopic (exact) mass is 385 g/mol. The van der Waals surface area contributed by atoms with Gasteiger partial charge in [0.1, 0.15) is 0 Å². The molecule has 0 bridgehead atoms. The van der Waals surface area contributed by atoms with Crippen LogP contribution in [-0.4, -0.2) is 52.0 Å². The lowest BCUT2D eigenvalue weighted by atomic mass is 9.98. The van der Waals surface area contributed by atoms with Gasteiger partial charge in [0.15, 0.2) is 23.0 Å². The lowest BCUT2D eigenvalue weighted by Crippen LogP contribution is -2.28. The number of carbonyl (C=O) groups excluding carboxylic acids is 1. The van der Waals surface area contributed by atoms with E-state index in [2.05, 4.69) is 0 Å². The van der Waals surface area contributed by atoms with Gasteiger partial charge in [-0.2, -0.15) is 0 Å². The highest BCUT2D eigenvalue weighted by atomic mass is 16.7. The van der Waals surface area contributed by atoms with E-state index in [0.29, 0.717) is 35.9 Å². The van der Waals surface area contributed by atoms with Gasteiger partial charge in [0.25, 0.3) is 5.91 Å². The van der Waals surface area contributed by atoms with E-state index >= 15 is 0 Å². The lowest BCUT2D eigenvalue weighted by Gasteiger charge is -2.19. The molecule has 2 aliphatic rings. The second-order valence-corrected chi connectivity index (χ2v) is 6.76. The molecular weight excluding hydrogens is 362 g/mol. The van der Waals surface area contributed by atoms with Crippen molar-refractivity contribution >= 4 is 5.91 Å². The fourth-order valence-corrected chi connectivity index (χ4v) is 3.77. The standard InChI is InChI=1S/C21H23NO6/c1-24-18-9-15(10-19(25-2)20(18)26-3)21(23)22-7-6-14(11-22)13-4-5-16-17(8-13)28-12-27-16/h4-5,8-10,14H,6-7,11-12H2,1-3H3. The predicted octanol–water partition coefficient (Wildman–Crippen LogP) is 3.07. The normalized spacial score (nSPS) is 17.5. The Morgan fingerprint density at radius 2 is 1.71 bits per heavy atom. The SMILES string of the molecule is COc1cc(C(=O)N2CCC(c3ccc4c(c3)OCO4)C2)cc(OC)c1OC. The van der Waals surface area contributed by atoms with Crippen molar-refractivity contribution in [2.75, 3.05) is 41.2 Å². The van der Waals surface area contributed by atoms with Crippen LogP contribution in [0.5, 0.6) is 28.7 Å². The molecule has 2 aromatic carbocycles. The highest BCUT2D eigenvalue weighted by Crippen LogP contribution is 2.40. The van der Waals surface area contributed by atoms with Crippen molar-refractivity contribution in [3.8, 4) is 28.7 Å². The number of amides is 1. The molecule has 28 heavy (non-hydrogen) atoms.